The highest BCUT2D eigenvalue weighted by Crippen LogP contribution is 2.49. The highest BCUT2D eigenvalue weighted by molar-refractivity contribution is 6.12. The fourth-order valence-corrected chi connectivity index (χ4v) is 10.6. The number of nitrogens with zero attached hydrogens (tertiary/aromatic N) is 3. The Hall–Kier alpha value is -9.18. The predicted octanol–water partition coefficient (Wildman–Crippen LogP) is 18.0. The monoisotopic (exact) mass is 879 g/mol. The van der Waals surface area contributed by atoms with E-state index in [9.17, 15) is 0 Å². The lowest BCUT2D eigenvalue weighted by molar-refractivity contribution is 1.18. The minimum atomic E-state index is 1.06. The fourth-order valence-electron chi connectivity index (χ4n) is 10.6. The van der Waals surface area contributed by atoms with Crippen LogP contribution in [0.5, 0.6) is 0 Å². The Bertz CT molecular complexity index is 4000. The van der Waals surface area contributed by atoms with Crippen molar-refractivity contribution < 1.29 is 0 Å². The molecule has 0 aliphatic heterocycles. The summed E-state index contributed by atoms with van der Waals surface area (Å²) in [6, 6.07) is 99.3. The maximum absolute atomic E-state index is 2.49. The van der Waals surface area contributed by atoms with Crippen LogP contribution in [0, 0.1) is 0 Å². The van der Waals surface area contributed by atoms with Crippen molar-refractivity contribution in [1.82, 2.24) is 9.13 Å². The Morgan fingerprint density at radius 3 is 1.32 bits per heavy atom. The minimum Gasteiger partial charge on any atom is -0.310 e. The molecule has 0 N–H and O–H groups in total. The first-order chi connectivity index (χ1) is 34.3. The number of para-hydroxylation sites is 4. The zero-order valence-corrected chi connectivity index (χ0v) is 37.8. The lowest BCUT2D eigenvalue weighted by Crippen LogP contribution is -2.12. The van der Waals surface area contributed by atoms with Gasteiger partial charge in [-0.2, -0.15) is 0 Å². The van der Waals surface area contributed by atoms with E-state index in [-0.39, 0.29) is 0 Å². The normalized spacial score (nSPS) is 11.5. The highest BCUT2D eigenvalue weighted by atomic mass is 15.1. The van der Waals surface area contributed by atoms with Crippen LogP contribution < -0.4 is 4.90 Å². The Morgan fingerprint density at radius 2 is 0.681 bits per heavy atom. The molecule has 0 unspecified atom stereocenters. The molecule has 0 radical (unpaired) electrons. The van der Waals surface area contributed by atoms with Crippen LogP contribution in [0.15, 0.2) is 273 Å². The fraction of sp³-hybridized carbons (Fsp3) is 0. The molecule has 13 aromatic rings. The molecule has 69 heavy (non-hydrogen) atoms. The molecule has 0 spiro atoms. The Morgan fingerprint density at radius 1 is 0.246 bits per heavy atom. The summed E-state index contributed by atoms with van der Waals surface area (Å²) in [5.74, 6) is 0. The minimum absolute atomic E-state index is 1.06. The van der Waals surface area contributed by atoms with Crippen molar-refractivity contribution >= 4 is 60.7 Å². The van der Waals surface area contributed by atoms with Gasteiger partial charge < -0.3 is 14.0 Å². The molecule has 0 aliphatic carbocycles. The van der Waals surface area contributed by atoms with Crippen LogP contribution in [0.3, 0.4) is 0 Å². The largest absolute Gasteiger partial charge is 0.310 e. The average molecular weight is 880 g/mol. The zero-order valence-electron chi connectivity index (χ0n) is 37.8. The smallest absolute Gasteiger partial charge is 0.0561 e. The van der Waals surface area contributed by atoms with Gasteiger partial charge in [0.15, 0.2) is 0 Å². The number of fused-ring (bicyclic) bond motifs is 6. The van der Waals surface area contributed by atoms with Crippen LogP contribution in [0.25, 0.3) is 99.5 Å². The third-order valence-electron chi connectivity index (χ3n) is 13.7. The molecular formula is C66H45N3. The van der Waals surface area contributed by atoms with Gasteiger partial charge in [0.1, 0.15) is 0 Å². The van der Waals surface area contributed by atoms with Crippen molar-refractivity contribution in [3.05, 3.63) is 273 Å². The zero-order chi connectivity index (χ0) is 45.7. The van der Waals surface area contributed by atoms with Gasteiger partial charge in [-0.1, -0.05) is 200 Å². The second-order valence-corrected chi connectivity index (χ2v) is 17.7. The van der Waals surface area contributed by atoms with E-state index in [1.54, 1.807) is 0 Å². The lowest BCUT2D eigenvalue weighted by Gasteiger charge is -2.30. The molecule has 0 bridgehead atoms. The first kappa shape index (κ1) is 40.1. The molecule has 0 amide bonds. The molecular weight excluding hydrogens is 835 g/mol. The number of hydrogen-bond acceptors (Lipinski definition) is 1. The number of rotatable bonds is 9. The van der Waals surface area contributed by atoms with Crippen molar-refractivity contribution in [1.29, 1.82) is 0 Å². The van der Waals surface area contributed by atoms with Gasteiger partial charge in [0.05, 0.1) is 27.8 Å². The van der Waals surface area contributed by atoms with Gasteiger partial charge in [-0.3, -0.25) is 0 Å². The van der Waals surface area contributed by atoms with E-state index in [4.69, 9.17) is 0 Å². The van der Waals surface area contributed by atoms with Crippen LogP contribution in [-0.2, 0) is 0 Å². The predicted molar refractivity (Wildman–Crippen MR) is 292 cm³/mol. The first-order valence-electron chi connectivity index (χ1n) is 23.7. The molecule has 0 saturated heterocycles. The van der Waals surface area contributed by atoms with Gasteiger partial charge in [-0.05, 0) is 112 Å². The van der Waals surface area contributed by atoms with E-state index in [1.807, 2.05) is 0 Å². The van der Waals surface area contributed by atoms with E-state index in [1.165, 1.54) is 49.2 Å². The van der Waals surface area contributed by atoms with Crippen molar-refractivity contribution in [3.63, 3.8) is 0 Å². The molecule has 13 rings (SSSR count). The molecule has 324 valence electrons. The van der Waals surface area contributed by atoms with Crippen molar-refractivity contribution in [2.45, 2.75) is 0 Å². The second kappa shape index (κ2) is 16.9. The van der Waals surface area contributed by atoms with Gasteiger partial charge in [-0.15, -0.1) is 0 Å². The van der Waals surface area contributed by atoms with Crippen LogP contribution in [-0.4, -0.2) is 9.13 Å². The number of benzene rings is 11. The van der Waals surface area contributed by atoms with E-state index in [0.717, 1.165) is 67.3 Å². The van der Waals surface area contributed by atoms with Gasteiger partial charge >= 0.3 is 0 Å². The van der Waals surface area contributed by atoms with Crippen LogP contribution in [0.2, 0.25) is 0 Å². The van der Waals surface area contributed by atoms with Crippen molar-refractivity contribution in [2.24, 2.45) is 0 Å². The van der Waals surface area contributed by atoms with Crippen LogP contribution >= 0.6 is 0 Å². The molecule has 0 aliphatic rings. The Balaban J connectivity index is 1.09. The molecule has 3 nitrogen and oxygen atoms in total. The Kier molecular flexibility index (Phi) is 9.84. The van der Waals surface area contributed by atoms with Gasteiger partial charge in [0.25, 0.3) is 0 Å². The Labute approximate surface area is 401 Å². The summed E-state index contributed by atoms with van der Waals surface area (Å²) in [5.41, 5.74) is 19.4. The lowest BCUT2D eigenvalue weighted by atomic mass is 9.87. The van der Waals surface area contributed by atoms with Crippen LogP contribution in [0.4, 0.5) is 17.1 Å². The standard InChI is InChI=1S/C66H45N3/c1-5-21-46(22-6-1)54-31-13-14-34-60(54)66-55(47-23-7-2-8-24-47)35-20-38-63(66)67(53-40-42-59-57-33-16-18-37-62(57)69(65(59)45-53)51-28-11-4-12-29-51)52-30-19-25-48(43-52)49-39-41-58-56-32-15-17-36-61(56)68(64(58)44-49)50-26-9-3-10-27-50/h1-45H. The third-order valence-corrected chi connectivity index (χ3v) is 13.7. The summed E-state index contributed by atoms with van der Waals surface area (Å²) < 4.78 is 4.81. The van der Waals surface area contributed by atoms with Crippen molar-refractivity contribution in [3.8, 4) is 55.9 Å². The average Bonchev–Trinajstić information content (AvgIpc) is 3.94. The molecule has 11 aromatic carbocycles. The summed E-state index contributed by atoms with van der Waals surface area (Å²) in [5, 5.41) is 4.91. The van der Waals surface area contributed by atoms with Gasteiger partial charge in [0.2, 0.25) is 0 Å². The maximum atomic E-state index is 2.49. The topological polar surface area (TPSA) is 13.1 Å². The van der Waals surface area contributed by atoms with Crippen LogP contribution in [0.1, 0.15) is 0 Å². The molecule has 2 aromatic heterocycles. The van der Waals surface area contributed by atoms with E-state index in [2.05, 4.69) is 287 Å². The number of anilines is 3. The third kappa shape index (κ3) is 6.91. The molecule has 0 atom stereocenters. The second-order valence-electron chi connectivity index (χ2n) is 17.7. The quantitative estimate of drug-likeness (QED) is 0.141. The number of hydrogen-bond donors (Lipinski definition) is 0. The summed E-state index contributed by atoms with van der Waals surface area (Å²) in [7, 11) is 0. The first-order valence-corrected chi connectivity index (χ1v) is 23.7. The highest BCUT2D eigenvalue weighted by Gasteiger charge is 2.25. The number of aromatic nitrogens is 2. The van der Waals surface area contributed by atoms with Gasteiger partial charge in [0, 0.05) is 49.9 Å². The molecule has 2 heterocycles. The van der Waals surface area contributed by atoms with Gasteiger partial charge in [-0.25, -0.2) is 0 Å². The summed E-state index contributed by atoms with van der Waals surface area (Å²) in [4.78, 5) is 2.49. The van der Waals surface area contributed by atoms with E-state index >= 15 is 0 Å². The maximum Gasteiger partial charge on any atom is 0.0561 e. The van der Waals surface area contributed by atoms with Crippen molar-refractivity contribution in [2.75, 3.05) is 4.90 Å². The molecule has 0 saturated carbocycles. The van der Waals surface area contributed by atoms with E-state index in [0.29, 0.717) is 0 Å². The molecule has 0 fully saturated rings. The SMILES string of the molecule is c1ccc(-c2ccccc2-c2c(-c3ccccc3)cccc2N(c2cccc(-c3ccc4c5ccccc5n(-c5ccccc5)c4c3)c2)c2ccc3c4ccccc4n(-c4ccccc4)c3c2)cc1. The van der Waals surface area contributed by atoms with E-state index < -0.39 is 0 Å². The molecule has 3 heteroatoms. The summed E-state index contributed by atoms with van der Waals surface area (Å²) in [6.07, 6.45) is 0. The summed E-state index contributed by atoms with van der Waals surface area (Å²) in [6.45, 7) is 0. The summed E-state index contributed by atoms with van der Waals surface area (Å²) >= 11 is 0.